The molecule has 0 saturated heterocycles. The Hall–Kier alpha value is -3.07. The molecule has 0 spiro atoms. The SMILES string of the molecule is CC[NH+](CC)CC(=O)N1N=C(c2c(-c3ccccc3)c3cc(Br)ccc3[nH]c2=O)C[C@@H]1c1ccc(Br)cc1. The fourth-order valence-electron chi connectivity index (χ4n) is 5.08. The van der Waals surface area contributed by atoms with Crippen LogP contribution in [0.5, 0.6) is 0 Å². The fourth-order valence-corrected chi connectivity index (χ4v) is 5.70. The summed E-state index contributed by atoms with van der Waals surface area (Å²) >= 11 is 7.11. The number of rotatable bonds is 7. The summed E-state index contributed by atoms with van der Waals surface area (Å²) in [5.41, 5.74) is 4.39. The van der Waals surface area contributed by atoms with Crippen molar-refractivity contribution in [2.75, 3.05) is 19.6 Å². The van der Waals surface area contributed by atoms with Crippen LogP contribution in [-0.4, -0.2) is 41.2 Å². The Morgan fingerprint density at radius 3 is 2.34 bits per heavy atom. The van der Waals surface area contributed by atoms with Crippen LogP contribution in [0.2, 0.25) is 0 Å². The molecular formula is C30H29Br2N4O2+. The van der Waals surface area contributed by atoms with Gasteiger partial charge in [-0.1, -0.05) is 74.3 Å². The number of fused-ring (bicyclic) bond motifs is 1. The molecule has 0 fully saturated rings. The molecule has 6 nitrogen and oxygen atoms in total. The maximum absolute atomic E-state index is 13.7. The molecule has 1 aliphatic rings. The average molecular weight is 637 g/mol. The lowest BCUT2D eigenvalue weighted by Crippen LogP contribution is -3.12. The number of nitrogens with one attached hydrogen (secondary N) is 2. The number of halogens is 2. The Morgan fingerprint density at radius 2 is 1.66 bits per heavy atom. The Balaban J connectivity index is 1.69. The van der Waals surface area contributed by atoms with Gasteiger partial charge in [0.1, 0.15) is 0 Å². The summed E-state index contributed by atoms with van der Waals surface area (Å²) in [5, 5.41) is 7.40. The number of quaternary nitrogens is 1. The molecule has 0 saturated carbocycles. The predicted molar refractivity (Wildman–Crippen MR) is 159 cm³/mol. The highest BCUT2D eigenvalue weighted by molar-refractivity contribution is 9.10. The van der Waals surface area contributed by atoms with Gasteiger partial charge in [0.2, 0.25) is 0 Å². The van der Waals surface area contributed by atoms with Crippen LogP contribution in [0.15, 0.2) is 91.6 Å². The quantitative estimate of drug-likeness (QED) is 0.288. The first-order valence-corrected chi connectivity index (χ1v) is 14.4. The topological polar surface area (TPSA) is 70.0 Å². The third-order valence-electron chi connectivity index (χ3n) is 7.15. The van der Waals surface area contributed by atoms with Crippen LogP contribution in [0.3, 0.4) is 0 Å². The van der Waals surface area contributed by atoms with Crippen LogP contribution in [0, 0.1) is 0 Å². The molecule has 0 aliphatic carbocycles. The number of amides is 1. The Labute approximate surface area is 238 Å². The molecule has 1 atom stereocenters. The standard InChI is InChI=1S/C30H28Br2N4O2/c1-3-35(4-2)18-27(37)36-26(19-10-12-21(31)13-11-19)17-25(34-36)29-28(20-8-6-5-7-9-20)23-16-22(32)14-15-24(23)33-30(29)38/h5-16,26H,3-4,17-18H2,1-2H3,(H,33,38)/p+1/t26-/m1/s1. The minimum Gasteiger partial charge on any atom is -0.328 e. The first kappa shape index (κ1) is 26.5. The summed E-state index contributed by atoms with van der Waals surface area (Å²) in [6, 6.07) is 23.4. The molecule has 2 heterocycles. The number of hydrazone groups is 1. The second-order valence-corrected chi connectivity index (χ2v) is 11.3. The minimum atomic E-state index is -0.290. The second kappa shape index (κ2) is 11.4. The van der Waals surface area contributed by atoms with Crippen LogP contribution in [0.4, 0.5) is 0 Å². The van der Waals surface area contributed by atoms with E-state index in [1.165, 1.54) is 4.90 Å². The van der Waals surface area contributed by atoms with E-state index in [4.69, 9.17) is 5.10 Å². The van der Waals surface area contributed by atoms with Gasteiger partial charge in [0.25, 0.3) is 11.5 Å². The molecule has 4 aromatic rings. The third kappa shape index (κ3) is 5.25. The highest BCUT2D eigenvalue weighted by Gasteiger charge is 2.36. The van der Waals surface area contributed by atoms with Crippen LogP contribution in [0.25, 0.3) is 22.0 Å². The van der Waals surface area contributed by atoms with Gasteiger partial charge < -0.3 is 9.88 Å². The van der Waals surface area contributed by atoms with Gasteiger partial charge in [-0.2, -0.15) is 5.10 Å². The van der Waals surface area contributed by atoms with Crippen molar-refractivity contribution in [3.63, 3.8) is 0 Å². The van der Waals surface area contributed by atoms with E-state index in [0.29, 0.717) is 24.2 Å². The average Bonchev–Trinajstić information content (AvgIpc) is 3.37. The van der Waals surface area contributed by atoms with E-state index < -0.39 is 0 Å². The zero-order valence-electron chi connectivity index (χ0n) is 21.3. The predicted octanol–water partition coefficient (Wildman–Crippen LogP) is 5.32. The molecule has 2 N–H and O–H groups in total. The van der Waals surface area contributed by atoms with Crippen LogP contribution < -0.4 is 10.5 Å². The number of likely N-dealkylation sites (N-methyl/N-ethyl adjacent to an activating group) is 1. The maximum Gasteiger partial charge on any atom is 0.298 e. The van der Waals surface area contributed by atoms with Crippen molar-refractivity contribution in [3.8, 4) is 11.1 Å². The molecule has 5 rings (SSSR count). The maximum atomic E-state index is 13.7. The van der Waals surface area contributed by atoms with E-state index in [1.807, 2.05) is 72.8 Å². The zero-order chi connectivity index (χ0) is 26.8. The lowest BCUT2D eigenvalue weighted by atomic mass is 9.91. The molecular weight excluding hydrogens is 608 g/mol. The van der Waals surface area contributed by atoms with Crippen LogP contribution in [-0.2, 0) is 4.79 Å². The lowest BCUT2D eigenvalue weighted by Gasteiger charge is -2.24. The first-order chi connectivity index (χ1) is 18.4. The van der Waals surface area contributed by atoms with E-state index in [1.54, 1.807) is 5.01 Å². The number of H-pyrrole nitrogens is 1. The molecule has 1 aliphatic heterocycles. The third-order valence-corrected chi connectivity index (χ3v) is 8.17. The highest BCUT2D eigenvalue weighted by atomic mass is 79.9. The monoisotopic (exact) mass is 635 g/mol. The summed E-state index contributed by atoms with van der Waals surface area (Å²) in [6.45, 7) is 6.22. The van der Waals surface area contributed by atoms with Gasteiger partial charge in [-0.05, 0) is 55.3 Å². The molecule has 1 amide bonds. The molecule has 1 aromatic heterocycles. The number of aromatic nitrogens is 1. The van der Waals surface area contributed by atoms with Gasteiger partial charge in [-0.3, -0.25) is 9.59 Å². The van der Waals surface area contributed by atoms with E-state index in [2.05, 4.69) is 50.7 Å². The summed E-state index contributed by atoms with van der Waals surface area (Å²) < 4.78 is 1.88. The smallest absolute Gasteiger partial charge is 0.298 e. The second-order valence-electron chi connectivity index (χ2n) is 9.45. The summed E-state index contributed by atoms with van der Waals surface area (Å²) in [6.07, 6.45) is 0.448. The Kier molecular flexibility index (Phi) is 7.93. The van der Waals surface area contributed by atoms with Gasteiger partial charge in [-0.25, -0.2) is 5.01 Å². The van der Waals surface area contributed by atoms with Crippen molar-refractivity contribution < 1.29 is 9.69 Å². The number of hydrogen-bond donors (Lipinski definition) is 2. The zero-order valence-corrected chi connectivity index (χ0v) is 24.5. The van der Waals surface area contributed by atoms with Crippen molar-refractivity contribution in [1.82, 2.24) is 9.99 Å². The first-order valence-electron chi connectivity index (χ1n) is 12.8. The Morgan fingerprint density at radius 1 is 0.974 bits per heavy atom. The summed E-state index contributed by atoms with van der Waals surface area (Å²) in [7, 11) is 0. The molecule has 194 valence electrons. The normalized spacial score (nSPS) is 15.3. The fraction of sp³-hybridized carbons (Fsp3) is 0.233. The summed E-state index contributed by atoms with van der Waals surface area (Å²) in [4.78, 5) is 31.5. The number of aromatic amines is 1. The number of hydrogen-bond acceptors (Lipinski definition) is 3. The Bertz CT molecular complexity index is 1560. The summed E-state index contributed by atoms with van der Waals surface area (Å²) in [5.74, 6) is -0.0483. The number of benzene rings is 3. The van der Waals surface area contributed by atoms with E-state index in [9.17, 15) is 9.59 Å². The van der Waals surface area contributed by atoms with Crippen molar-refractivity contribution >= 4 is 54.4 Å². The highest BCUT2D eigenvalue weighted by Crippen LogP contribution is 2.37. The molecule has 0 radical (unpaired) electrons. The van der Waals surface area contributed by atoms with Crippen LogP contribution >= 0.6 is 31.9 Å². The van der Waals surface area contributed by atoms with E-state index >= 15 is 0 Å². The molecule has 0 bridgehead atoms. The van der Waals surface area contributed by atoms with Gasteiger partial charge in [0.15, 0.2) is 6.54 Å². The number of carbonyl (C=O) groups excluding carboxylic acids is 1. The van der Waals surface area contributed by atoms with Crippen molar-refractivity contribution in [1.29, 1.82) is 0 Å². The van der Waals surface area contributed by atoms with Gasteiger partial charge in [0.05, 0.1) is 30.4 Å². The molecule has 3 aromatic carbocycles. The largest absolute Gasteiger partial charge is 0.328 e. The molecule has 0 unspecified atom stereocenters. The lowest BCUT2D eigenvalue weighted by molar-refractivity contribution is -0.888. The van der Waals surface area contributed by atoms with Gasteiger partial charge in [0, 0.05) is 31.8 Å². The van der Waals surface area contributed by atoms with Crippen molar-refractivity contribution in [3.05, 3.63) is 103 Å². The van der Waals surface area contributed by atoms with Crippen molar-refractivity contribution in [2.24, 2.45) is 5.10 Å². The van der Waals surface area contributed by atoms with E-state index in [0.717, 1.165) is 49.6 Å². The van der Waals surface area contributed by atoms with Crippen LogP contribution in [0.1, 0.15) is 37.4 Å². The number of carbonyl (C=O) groups is 1. The van der Waals surface area contributed by atoms with Gasteiger partial charge in [-0.15, -0.1) is 0 Å². The van der Waals surface area contributed by atoms with Crippen molar-refractivity contribution in [2.45, 2.75) is 26.3 Å². The molecule has 38 heavy (non-hydrogen) atoms. The number of pyridine rings is 1. The van der Waals surface area contributed by atoms with E-state index in [-0.39, 0.29) is 17.5 Å². The number of nitrogens with zero attached hydrogens (tertiary/aromatic N) is 2. The molecule has 8 heteroatoms. The van der Waals surface area contributed by atoms with Gasteiger partial charge >= 0.3 is 0 Å². The minimum absolute atomic E-state index is 0.0483.